The zero-order chi connectivity index (χ0) is 24.2. The van der Waals surface area contributed by atoms with Crippen molar-refractivity contribution in [1.82, 2.24) is 0 Å². The average molecular weight is 468 g/mol. The molecular formula is C30H29NO4. The molecule has 0 radical (unpaired) electrons. The number of carbonyl (C=O) groups excluding carboxylic acids is 2. The standard InChI is InChI=1S/C30H29NO4/c1-30(2,19-6-4-3-5-7-19)20-8-12-22(13-9-20)34-23-14-10-21(11-15-23)31-28(32)26-18-16-24-25(17-18)35-29(33)27(24)26/h3-15,18,24-27H,16-17H2,1-2H3,(H,31,32)/t18-,24+,25+,26-,27+/m1/s1. The number of carbonyl (C=O) groups is 2. The number of ether oxygens (including phenoxy) is 2. The summed E-state index contributed by atoms with van der Waals surface area (Å²) in [7, 11) is 0. The number of benzene rings is 3. The summed E-state index contributed by atoms with van der Waals surface area (Å²) in [5.74, 6) is 1.11. The summed E-state index contributed by atoms with van der Waals surface area (Å²) >= 11 is 0. The highest BCUT2D eigenvalue weighted by atomic mass is 16.6. The zero-order valence-electron chi connectivity index (χ0n) is 19.9. The lowest BCUT2D eigenvalue weighted by molar-refractivity contribution is -0.145. The van der Waals surface area contributed by atoms with Crippen LogP contribution >= 0.6 is 0 Å². The molecule has 1 N–H and O–H groups in total. The fourth-order valence-electron chi connectivity index (χ4n) is 6.29. The van der Waals surface area contributed by atoms with Crippen molar-refractivity contribution in [3.05, 3.63) is 90.0 Å². The topological polar surface area (TPSA) is 64.6 Å². The van der Waals surface area contributed by atoms with Crippen molar-refractivity contribution < 1.29 is 19.1 Å². The Balaban J connectivity index is 1.09. The number of rotatable bonds is 6. The minimum absolute atomic E-state index is 0.0384. The first-order chi connectivity index (χ1) is 16.9. The highest BCUT2D eigenvalue weighted by Crippen LogP contribution is 2.57. The first kappa shape index (κ1) is 21.9. The van der Waals surface area contributed by atoms with Crippen LogP contribution in [0.4, 0.5) is 5.69 Å². The molecule has 1 aliphatic heterocycles. The monoisotopic (exact) mass is 467 g/mol. The van der Waals surface area contributed by atoms with E-state index in [1.54, 1.807) is 0 Å². The van der Waals surface area contributed by atoms with E-state index in [-0.39, 0.29) is 47.1 Å². The molecule has 1 heterocycles. The van der Waals surface area contributed by atoms with E-state index in [0.717, 1.165) is 18.6 Å². The number of hydrogen-bond acceptors (Lipinski definition) is 4. The summed E-state index contributed by atoms with van der Waals surface area (Å²) in [5.41, 5.74) is 3.08. The summed E-state index contributed by atoms with van der Waals surface area (Å²) in [6, 6.07) is 26.0. The average Bonchev–Trinajstić information content (AvgIpc) is 3.49. The third-order valence-electron chi connectivity index (χ3n) is 8.22. The van der Waals surface area contributed by atoms with Crippen molar-refractivity contribution >= 4 is 17.6 Å². The summed E-state index contributed by atoms with van der Waals surface area (Å²) in [5, 5.41) is 3.00. The number of nitrogens with one attached hydrogen (secondary N) is 1. The molecule has 2 aliphatic carbocycles. The molecule has 1 saturated heterocycles. The maximum absolute atomic E-state index is 13.0. The van der Waals surface area contributed by atoms with Crippen LogP contribution in [0.15, 0.2) is 78.9 Å². The Labute approximate surface area is 205 Å². The van der Waals surface area contributed by atoms with Gasteiger partial charge in [0.25, 0.3) is 0 Å². The van der Waals surface area contributed by atoms with Gasteiger partial charge in [-0.25, -0.2) is 0 Å². The highest BCUT2D eigenvalue weighted by Gasteiger charge is 2.63. The van der Waals surface area contributed by atoms with Crippen molar-refractivity contribution in [3.8, 4) is 11.5 Å². The van der Waals surface area contributed by atoms with Crippen molar-refractivity contribution in [2.45, 2.75) is 38.2 Å². The lowest BCUT2D eigenvalue weighted by Crippen LogP contribution is -2.35. The Bertz CT molecular complexity index is 1250. The van der Waals surface area contributed by atoms with E-state index in [4.69, 9.17) is 9.47 Å². The Morgan fingerprint density at radius 1 is 0.886 bits per heavy atom. The summed E-state index contributed by atoms with van der Waals surface area (Å²) in [6.45, 7) is 4.44. The Kier molecular flexibility index (Phi) is 5.17. The predicted molar refractivity (Wildman–Crippen MR) is 133 cm³/mol. The second-order valence-corrected chi connectivity index (χ2v) is 10.6. The summed E-state index contributed by atoms with van der Waals surface area (Å²) < 4.78 is 11.5. The van der Waals surface area contributed by atoms with Crippen LogP contribution in [0.1, 0.15) is 37.8 Å². The van der Waals surface area contributed by atoms with Crippen molar-refractivity contribution in [3.63, 3.8) is 0 Å². The van der Waals surface area contributed by atoms with E-state index in [1.807, 2.05) is 42.5 Å². The van der Waals surface area contributed by atoms with E-state index in [1.165, 1.54) is 11.1 Å². The Morgan fingerprint density at radius 3 is 2.20 bits per heavy atom. The highest BCUT2D eigenvalue weighted by molar-refractivity contribution is 5.97. The molecule has 0 unspecified atom stereocenters. The zero-order valence-corrected chi connectivity index (χ0v) is 19.9. The molecule has 0 spiro atoms. The second-order valence-electron chi connectivity index (χ2n) is 10.6. The Hall–Kier alpha value is -3.60. The first-order valence-electron chi connectivity index (χ1n) is 12.4. The molecule has 3 aromatic rings. The maximum Gasteiger partial charge on any atom is 0.310 e. The fraction of sp³-hybridized carbons (Fsp3) is 0.333. The van der Waals surface area contributed by atoms with Gasteiger partial charge in [0.2, 0.25) is 5.91 Å². The predicted octanol–water partition coefficient (Wildman–Crippen LogP) is 5.94. The Morgan fingerprint density at radius 2 is 1.51 bits per heavy atom. The molecule has 5 nitrogen and oxygen atoms in total. The largest absolute Gasteiger partial charge is 0.462 e. The third kappa shape index (κ3) is 3.79. The molecule has 35 heavy (non-hydrogen) atoms. The molecule has 1 amide bonds. The fourth-order valence-corrected chi connectivity index (χ4v) is 6.29. The van der Waals surface area contributed by atoms with E-state index in [0.29, 0.717) is 11.4 Å². The molecule has 0 aromatic heterocycles. The van der Waals surface area contributed by atoms with Crippen LogP contribution in [-0.2, 0) is 19.7 Å². The molecule has 5 atom stereocenters. The van der Waals surface area contributed by atoms with Crippen molar-refractivity contribution in [2.75, 3.05) is 5.32 Å². The van der Waals surface area contributed by atoms with Gasteiger partial charge in [0.1, 0.15) is 17.6 Å². The van der Waals surface area contributed by atoms with Crippen LogP contribution in [0.3, 0.4) is 0 Å². The minimum Gasteiger partial charge on any atom is -0.462 e. The van der Waals surface area contributed by atoms with Crippen LogP contribution in [0.2, 0.25) is 0 Å². The van der Waals surface area contributed by atoms with Crippen molar-refractivity contribution in [2.24, 2.45) is 23.7 Å². The van der Waals surface area contributed by atoms with Gasteiger partial charge in [-0.3, -0.25) is 9.59 Å². The number of fused-ring (bicyclic) bond motifs is 1. The maximum atomic E-state index is 13.0. The second kappa shape index (κ2) is 8.26. The van der Waals surface area contributed by atoms with Gasteiger partial charge in [0.15, 0.2) is 0 Å². The van der Waals surface area contributed by atoms with E-state index >= 15 is 0 Å². The lowest BCUT2D eigenvalue weighted by Gasteiger charge is -2.26. The quantitative estimate of drug-likeness (QED) is 0.456. The number of anilines is 1. The van der Waals surface area contributed by atoms with Gasteiger partial charge in [-0.1, -0.05) is 56.3 Å². The van der Waals surface area contributed by atoms with Gasteiger partial charge >= 0.3 is 5.97 Å². The van der Waals surface area contributed by atoms with Crippen LogP contribution in [0.5, 0.6) is 11.5 Å². The van der Waals surface area contributed by atoms with Crippen molar-refractivity contribution in [1.29, 1.82) is 0 Å². The molecule has 2 saturated carbocycles. The van der Waals surface area contributed by atoms with E-state index in [2.05, 4.69) is 55.6 Å². The molecule has 3 aliphatic rings. The molecule has 178 valence electrons. The van der Waals surface area contributed by atoms with Gasteiger partial charge in [0.05, 0.1) is 11.8 Å². The number of amides is 1. The minimum atomic E-state index is -0.277. The SMILES string of the molecule is CC(C)(c1ccccc1)c1ccc(Oc2ccc(NC(=O)[C@@H]3[C@@H]4C[C@@H]5[C@@H]3C(=O)O[C@H]5C4)cc2)cc1. The molecular weight excluding hydrogens is 438 g/mol. The molecule has 5 heteroatoms. The molecule has 3 fully saturated rings. The van der Waals surface area contributed by atoms with Crippen LogP contribution in [0, 0.1) is 23.7 Å². The third-order valence-corrected chi connectivity index (χ3v) is 8.22. The van der Waals surface area contributed by atoms with Gasteiger partial charge < -0.3 is 14.8 Å². The van der Waals surface area contributed by atoms with Gasteiger partial charge in [-0.05, 0) is 66.3 Å². The van der Waals surface area contributed by atoms with Crippen LogP contribution in [-0.4, -0.2) is 18.0 Å². The van der Waals surface area contributed by atoms with Crippen LogP contribution < -0.4 is 10.1 Å². The first-order valence-corrected chi connectivity index (χ1v) is 12.4. The van der Waals surface area contributed by atoms with E-state index in [9.17, 15) is 9.59 Å². The van der Waals surface area contributed by atoms with E-state index < -0.39 is 0 Å². The smallest absolute Gasteiger partial charge is 0.310 e. The molecule has 3 aromatic carbocycles. The number of hydrogen-bond donors (Lipinski definition) is 1. The van der Waals surface area contributed by atoms with Gasteiger partial charge in [-0.15, -0.1) is 0 Å². The van der Waals surface area contributed by atoms with Gasteiger partial charge in [0, 0.05) is 17.0 Å². The lowest BCUT2D eigenvalue weighted by atomic mass is 9.78. The number of esters is 1. The van der Waals surface area contributed by atoms with Crippen LogP contribution in [0.25, 0.3) is 0 Å². The van der Waals surface area contributed by atoms with Gasteiger partial charge in [-0.2, -0.15) is 0 Å². The summed E-state index contributed by atoms with van der Waals surface area (Å²) in [6.07, 6.45) is 1.78. The molecule has 2 bridgehead atoms. The normalized spacial score (nSPS) is 26.5. The molecule has 6 rings (SSSR count). The summed E-state index contributed by atoms with van der Waals surface area (Å²) in [4.78, 5) is 25.2.